The van der Waals surface area contributed by atoms with Gasteiger partial charge in [-0.2, -0.15) is 0 Å². The van der Waals surface area contributed by atoms with Crippen molar-refractivity contribution in [3.63, 3.8) is 0 Å². The maximum absolute atomic E-state index is 5.49. The first kappa shape index (κ1) is 20.1. The molecule has 1 aliphatic heterocycles. The Labute approximate surface area is 139 Å². The molecule has 1 fully saturated rings. The average Bonchev–Trinajstić information content (AvgIpc) is 2.49. The molecule has 1 atom stereocenters. The van der Waals surface area contributed by atoms with Crippen molar-refractivity contribution >= 4 is 24.8 Å². The Morgan fingerprint density at radius 2 is 1.86 bits per heavy atom. The van der Waals surface area contributed by atoms with E-state index in [2.05, 4.69) is 22.9 Å². The third-order valence-corrected chi connectivity index (χ3v) is 3.53. The predicted molar refractivity (Wildman–Crippen MR) is 91.4 cm³/mol. The molecule has 1 heterocycles. The summed E-state index contributed by atoms with van der Waals surface area (Å²) in [4.78, 5) is 2.41. The van der Waals surface area contributed by atoms with Crippen LogP contribution in [0.5, 0.6) is 11.5 Å². The van der Waals surface area contributed by atoms with Gasteiger partial charge in [0.1, 0.15) is 11.5 Å². The molecule has 0 aromatic heterocycles. The highest BCUT2D eigenvalue weighted by Crippen LogP contribution is 2.33. The van der Waals surface area contributed by atoms with Gasteiger partial charge in [-0.05, 0) is 12.1 Å². The van der Waals surface area contributed by atoms with Crippen molar-refractivity contribution in [2.24, 2.45) is 0 Å². The van der Waals surface area contributed by atoms with E-state index in [0.29, 0.717) is 0 Å². The van der Waals surface area contributed by atoms with Crippen molar-refractivity contribution in [3.05, 3.63) is 36.4 Å². The SMILES string of the molecule is C=C[C@@H](c1ccc(OC)cc1OC)N1CCNCC1.Cl.Cl. The van der Waals surface area contributed by atoms with Crippen LogP contribution < -0.4 is 14.8 Å². The van der Waals surface area contributed by atoms with Gasteiger partial charge in [-0.1, -0.05) is 6.08 Å². The van der Waals surface area contributed by atoms with Crippen LogP contribution in [0.3, 0.4) is 0 Å². The van der Waals surface area contributed by atoms with Gasteiger partial charge in [0.15, 0.2) is 0 Å². The Bertz CT molecular complexity index is 438. The van der Waals surface area contributed by atoms with Crippen molar-refractivity contribution in [2.75, 3.05) is 40.4 Å². The molecular weight excluding hydrogens is 311 g/mol. The first-order valence-corrected chi connectivity index (χ1v) is 6.59. The van der Waals surface area contributed by atoms with E-state index in [9.17, 15) is 0 Å². The molecule has 0 saturated carbocycles. The lowest BCUT2D eigenvalue weighted by atomic mass is 10.0. The Morgan fingerprint density at radius 1 is 1.19 bits per heavy atom. The molecule has 1 saturated heterocycles. The first-order chi connectivity index (χ1) is 9.30. The molecule has 0 spiro atoms. The van der Waals surface area contributed by atoms with Gasteiger partial charge in [0.05, 0.1) is 20.3 Å². The zero-order valence-electron chi connectivity index (χ0n) is 12.5. The van der Waals surface area contributed by atoms with Crippen molar-refractivity contribution < 1.29 is 9.47 Å². The number of hydrogen-bond donors (Lipinski definition) is 1. The number of nitrogens with one attached hydrogen (secondary N) is 1. The number of nitrogens with zero attached hydrogens (tertiary/aromatic N) is 1. The molecule has 0 amide bonds. The summed E-state index contributed by atoms with van der Waals surface area (Å²) in [5, 5.41) is 3.36. The lowest BCUT2D eigenvalue weighted by molar-refractivity contribution is 0.200. The molecule has 1 aromatic carbocycles. The molecule has 1 aliphatic rings. The molecule has 1 aromatic rings. The minimum atomic E-state index is 0. The van der Waals surface area contributed by atoms with E-state index >= 15 is 0 Å². The fraction of sp³-hybridized carbons (Fsp3) is 0.467. The van der Waals surface area contributed by atoms with Gasteiger partial charge in [-0.25, -0.2) is 0 Å². The highest BCUT2D eigenvalue weighted by Gasteiger charge is 2.22. The fourth-order valence-corrected chi connectivity index (χ4v) is 2.50. The maximum atomic E-state index is 5.49. The standard InChI is InChI=1S/C15H22N2O2.2ClH/c1-4-14(17-9-7-16-8-10-17)13-6-5-12(18-2)11-15(13)19-3;;/h4-6,11,14,16H,1,7-10H2,2-3H3;2*1H/t14-;;/m0../s1. The number of benzene rings is 1. The van der Waals surface area contributed by atoms with Crippen molar-refractivity contribution in [1.82, 2.24) is 10.2 Å². The van der Waals surface area contributed by atoms with Crippen LogP contribution in [0.4, 0.5) is 0 Å². The summed E-state index contributed by atoms with van der Waals surface area (Å²) in [5.74, 6) is 1.66. The smallest absolute Gasteiger partial charge is 0.127 e. The zero-order valence-corrected chi connectivity index (χ0v) is 14.1. The van der Waals surface area contributed by atoms with E-state index in [1.165, 1.54) is 0 Å². The van der Waals surface area contributed by atoms with E-state index < -0.39 is 0 Å². The number of hydrogen-bond acceptors (Lipinski definition) is 4. The summed E-state index contributed by atoms with van der Waals surface area (Å²) in [6, 6.07) is 6.14. The van der Waals surface area contributed by atoms with E-state index in [1.54, 1.807) is 14.2 Å². The third kappa shape index (κ3) is 4.78. The molecule has 4 nitrogen and oxygen atoms in total. The molecule has 2 rings (SSSR count). The van der Waals surface area contributed by atoms with Gasteiger partial charge in [0.2, 0.25) is 0 Å². The minimum absolute atomic E-state index is 0. The molecule has 1 N–H and O–H groups in total. The van der Waals surface area contributed by atoms with Gasteiger partial charge < -0.3 is 14.8 Å². The number of halogens is 2. The van der Waals surface area contributed by atoms with Crippen LogP contribution in [0.15, 0.2) is 30.9 Å². The van der Waals surface area contributed by atoms with Crippen molar-refractivity contribution in [2.45, 2.75) is 6.04 Å². The fourth-order valence-electron chi connectivity index (χ4n) is 2.50. The molecule has 0 aliphatic carbocycles. The summed E-state index contributed by atoms with van der Waals surface area (Å²) < 4.78 is 10.7. The molecule has 0 unspecified atom stereocenters. The lowest BCUT2D eigenvalue weighted by Crippen LogP contribution is -2.44. The normalized spacial score (nSPS) is 16.1. The van der Waals surface area contributed by atoms with Crippen LogP contribution in [0.25, 0.3) is 0 Å². The summed E-state index contributed by atoms with van der Waals surface area (Å²) >= 11 is 0. The Morgan fingerprint density at radius 3 is 2.38 bits per heavy atom. The van der Waals surface area contributed by atoms with E-state index in [-0.39, 0.29) is 30.9 Å². The molecule has 0 bridgehead atoms. The minimum Gasteiger partial charge on any atom is -0.497 e. The van der Waals surface area contributed by atoms with Crippen LogP contribution in [0.1, 0.15) is 11.6 Å². The summed E-state index contributed by atoms with van der Waals surface area (Å²) in [5.41, 5.74) is 1.14. The Hall–Kier alpha value is -0.940. The second kappa shape index (κ2) is 9.90. The van der Waals surface area contributed by atoms with Crippen LogP contribution in [0.2, 0.25) is 0 Å². The summed E-state index contributed by atoms with van der Waals surface area (Å²) in [6.07, 6.45) is 1.98. The molecule has 0 radical (unpaired) electrons. The largest absolute Gasteiger partial charge is 0.497 e. The average molecular weight is 335 g/mol. The van der Waals surface area contributed by atoms with E-state index in [0.717, 1.165) is 43.2 Å². The van der Waals surface area contributed by atoms with Crippen LogP contribution in [-0.2, 0) is 0 Å². The molecule has 6 heteroatoms. The molecule has 21 heavy (non-hydrogen) atoms. The second-order valence-corrected chi connectivity index (χ2v) is 4.57. The number of rotatable bonds is 5. The van der Waals surface area contributed by atoms with Crippen molar-refractivity contribution in [3.8, 4) is 11.5 Å². The Balaban J connectivity index is 0.00000200. The van der Waals surface area contributed by atoms with Gasteiger partial charge >= 0.3 is 0 Å². The zero-order chi connectivity index (χ0) is 13.7. The van der Waals surface area contributed by atoms with Crippen molar-refractivity contribution in [1.29, 1.82) is 0 Å². The highest BCUT2D eigenvalue weighted by atomic mass is 35.5. The van der Waals surface area contributed by atoms with Crippen LogP contribution >= 0.6 is 24.8 Å². The number of piperazine rings is 1. The lowest BCUT2D eigenvalue weighted by Gasteiger charge is -2.34. The summed E-state index contributed by atoms with van der Waals surface area (Å²) in [7, 11) is 3.35. The quantitative estimate of drug-likeness (QED) is 0.839. The van der Waals surface area contributed by atoms with Gasteiger partial charge in [-0.3, -0.25) is 4.90 Å². The number of methoxy groups -OCH3 is 2. The monoisotopic (exact) mass is 334 g/mol. The molecular formula is C15H24Cl2N2O2. The topological polar surface area (TPSA) is 33.7 Å². The van der Waals surface area contributed by atoms with Crippen LogP contribution in [0, 0.1) is 0 Å². The van der Waals surface area contributed by atoms with Gasteiger partial charge in [0.25, 0.3) is 0 Å². The third-order valence-electron chi connectivity index (χ3n) is 3.53. The van der Waals surface area contributed by atoms with E-state index in [1.807, 2.05) is 18.2 Å². The van der Waals surface area contributed by atoms with Gasteiger partial charge in [0, 0.05) is 37.8 Å². The van der Waals surface area contributed by atoms with Gasteiger partial charge in [-0.15, -0.1) is 31.4 Å². The highest BCUT2D eigenvalue weighted by molar-refractivity contribution is 5.85. The Kier molecular flexibility index (Phi) is 9.46. The second-order valence-electron chi connectivity index (χ2n) is 4.57. The first-order valence-electron chi connectivity index (χ1n) is 6.59. The maximum Gasteiger partial charge on any atom is 0.127 e. The summed E-state index contributed by atoms with van der Waals surface area (Å²) in [6.45, 7) is 8.05. The van der Waals surface area contributed by atoms with Crippen LogP contribution in [-0.4, -0.2) is 45.3 Å². The number of ether oxygens (including phenoxy) is 2. The predicted octanol–water partition coefficient (Wildman–Crippen LogP) is 2.68. The van der Waals surface area contributed by atoms with E-state index in [4.69, 9.17) is 9.47 Å². The molecule has 120 valence electrons.